The molecule has 1 aromatic carbocycles. The van der Waals surface area contributed by atoms with Gasteiger partial charge in [0.05, 0.1) is 6.33 Å². The molecule has 2 aromatic heterocycles. The van der Waals surface area contributed by atoms with Crippen LogP contribution < -0.4 is 0 Å². The second kappa shape index (κ2) is 5.37. The maximum Gasteiger partial charge on any atom is 0.120 e. The highest BCUT2D eigenvalue weighted by molar-refractivity contribution is 5.66. The third kappa shape index (κ3) is 2.43. The average molecular weight is 260 g/mol. The molecule has 0 aliphatic carbocycles. The smallest absolute Gasteiger partial charge is 0.120 e. The minimum atomic E-state index is 0.695. The van der Waals surface area contributed by atoms with E-state index in [1.807, 2.05) is 41.9 Å². The van der Waals surface area contributed by atoms with E-state index in [4.69, 9.17) is 0 Å². The van der Waals surface area contributed by atoms with Crippen molar-refractivity contribution in [3.05, 3.63) is 66.6 Å². The summed E-state index contributed by atoms with van der Waals surface area (Å²) in [5, 5.41) is 0. The van der Waals surface area contributed by atoms with Crippen molar-refractivity contribution in [2.45, 2.75) is 0 Å². The van der Waals surface area contributed by atoms with Gasteiger partial charge in [-0.05, 0) is 17.9 Å². The summed E-state index contributed by atoms with van der Waals surface area (Å²) < 4.78 is 1.91. The highest BCUT2D eigenvalue weighted by atomic mass is 15.0. The van der Waals surface area contributed by atoms with E-state index in [0.29, 0.717) is 5.69 Å². The zero-order valence-corrected chi connectivity index (χ0v) is 11.0. The number of benzene rings is 1. The monoisotopic (exact) mass is 260 g/mol. The van der Waals surface area contributed by atoms with Gasteiger partial charge in [-0.1, -0.05) is 30.3 Å². The Kier molecular flexibility index (Phi) is 3.25. The second-order valence-electron chi connectivity index (χ2n) is 4.26. The molecule has 96 valence electrons. The normalized spacial score (nSPS) is 9.85. The molecule has 0 unspecified atom stereocenters. The van der Waals surface area contributed by atoms with Gasteiger partial charge in [0.2, 0.25) is 0 Å². The molecule has 0 bridgehead atoms. The molecule has 0 atom stereocenters. The van der Waals surface area contributed by atoms with Crippen LogP contribution in [0.3, 0.4) is 0 Å². The molecule has 0 N–H and O–H groups in total. The lowest BCUT2D eigenvalue weighted by Crippen LogP contribution is -1.92. The van der Waals surface area contributed by atoms with Gasteiger partial charge in [0.25, 0.3) is 0 Å². The van der Waals surface area contributed by atoms with Crippen molar-refractivity contribution in [2.24, 2.45) is 7.05 Å². The quantitative estimate of drug-likeness (QED) is 0.630. The predicted octanol–water partition coefficient (Wildman–Crippen LogP) is 2.28. The van der Waals surface area contributed by atoms with Crippen LogP contribution in [0.2, 0.25) is 0 Å². The van der Waals surface area contributed by atoms with Crippen LogP contribution in [0.1, 0.15) is 11.4 Å². The number of aromatic nitrogens is 4. The van der Waals surface area contributed by atoms with Crippen molar-refractivity contribution in [3.8, 4) is 23.1 Å². The lowest BCUT2D eigenvalue weighted by molar-refractivity contribution is 0.899. The summed E-state index contributed by atoms with van der Waals surface area (Å²) in [5.41, 5.74) is 3.50. The lowest BCUT2D eigenvalue weighted by Gasteiger charge is -1.99. The molecular formula is C16H12N4. The van der Waals surface area contributed by atoms with E-state index in [-0.39, 0.29) is 0 Å². The van der Waals surface area contributed by atoms with Gasteiger partial charge in [-0.15, -0.1) is 0 Å². The first-order valence-corrected chi connectivity index (χ1v) is 6.19. The Bertz CT molecular complexity index is 764. The second-order valence-corrected chi connectivity index (χ2v) is 4.26. The number of nitrogens with zero attached hydrogens (tertiary/aromatic N) is 4. The van der Waals surface area contributed by atoms with E-state index < -0.39 is 0 Å². The maximum absolute atomic E-state index is 4.43. The van der Waals surface area contributed by atoms with Crippen LogP contribution in [0.4, 0.5) is 0 Å². The van der Waals surface area contributed by atoms with E-state index in [2.05, 4.69) is 26.8 Å². The predicted molar refractivity (Wildman–Crippen MR) is 76.7 cm³/mol. The number of imidazole rings is 1. The van der Waals surface area contributed by atoms with Crippen LogP contribution in [-0.2, 0) is 7.05 Å². The summed E-state index contributed by atoms with van der Waals surface area (Å²) in [6.07, 6.45) is 4.94. The maximum atomic E-state index is 4.43. The molecule has 4 heteroatoms. The van der Waals surface area contributed by atoms with Crippen LogP contribution in [-0.4, -0.2) is 19.5 Å². The van der Waals surface area contributed by atoms with Crippen LogP contribution >= 0.6 is 0 Å². The Balaban J connectivity index is 2.03. The third-order valence-corrected chi connectivity index (χ3v) is 2.88. The molecule has 0 amide bonds. The van der Waals surface area contributed by atoms with Gasteiger partial charge in [-0.2, -0.15) is 0 Å². The first-order chi connectivity index (χ1) is 9.84. The first-order valence-electron chi connectivity index (χ1n) is 6.19. The van der Waals surface area contributed by atoms with Gasteiger partial charge in [0.1, 0.15) is 23.4 Å². The standard InChI is InChI=1S/C16H12N4/c1-20-12-19-16(13-5-3-2-4-6-13)15(20)8-7-14-9-10-17-11-18-14/h2-6,9-12H,1H3. The molecule has 0 aliphatic heterocycles. The summed E-state index contributed by atoms with van der Waals surface area (Å²) in [4.78, 5) is 12.4. The topological polar surface area (TPSA) is 43.6 Å². The molecule has 0 spiro atoms. The van der Waals surface area contributed by atoms with Crippen LogP contribution in [0.15, 0.2) is 55.2 Å². The van der Waals surface area contributed by atoms with E-state index in [9.17, 15) is 0 Å². The number of hydrogen-bond acceptors (Lipinski definition) is 3. The molecule has 3 aromatic rings. The summed E-state index contributed by atoms with van der Waals surface area (Å²) in [7, 11) is 1.93. The van der Waals surface area contributed by atoms with Gasteiger partial charge in [-0.3, -0.25) is 0 Å². The van der Waals surface area contributed by atoms with Gasteiger partial charge < -0.3 is 4.57 Å². The molecule has 0 fully saturated rings. The van der Waals surface area contributed by atoms with Crippen LogP contribution in [0.5, 0.6) is 0 Å². The van der Waals surface area contributed by atoms with Gasteiger partial charge in [0.15, 0.2) is 0 Å². The van der Waals surface area contributed by atoms with Crippen molar-refractivity contribution in [1.82, 2.24) is 19.5 Å². The molecule has 0 aliphatic rings. The Morgan fingerprint density at radius 3 is 2.60 bits per heavy atom. The SMILES string of the molecule is Cn1cnc(-c2ccccc2)c1C#Cc1ccncn1. The van der Waals surface area contributed by atoms with Crippen molar-refractivity contribution >= 4 is 0 Å². The molecule has 0 radical (unpaired) electrons. The van der Waals surface area contributed by atoms with Gasteiger partial charge in [-0.25, -0.2) is 15.0 Å². The summed E-state index contributed by atoms with van der Waals surface area (Å²) in [5.74, 6) is 6.17. The fourth-order valence-corrected chi connectivity index (χ4v) is 1.87. The van der Waals surface area contributed by atoms with Crippen molar-refractivity contribution in [2.75, 3.05) is 0 Å². The fourth-order valence-electron chi connectivity index (χ4n) is 1.87. The third-order valence-electron chi connectivity index (χ3n) is 2.88. The minimum absolute atomic E-state index is 0.695. The van der Waals surface area contributed by atoms with Crippen molar-refractivity contribution < 1.29 is 0 Å². The molecule has 4 nitrogen and oxygen atoms in total. The van der Waals surface area contributed by atoms with Crippen molar-refractivity contribution in [3.63, 3.8) is 0 Å². The minimum Gasteiger partial charge on any atom is -0.327 e. The Labute approximate surface area is 117 Å². The zero-order chi connectivity index (χ0) is 13.8. The van der Waals surface area contributed by atoms with Crippen LogP contribution in [0, 0.1) is 11.8 Å². The highest BCUT2D eigenvalue weighted by Crippen LogP contribution is 2.20. The Hall–Kier alpha value is -2.93. The number of aryl methyl sites for hydroxylation is 1. The molecule has 2 heterocycles. The summed E-state index contributed by atoms with van der Waals surface area (Å²) >= 11 is 0. The largest absolute Gasteiger partial charge is 0.327 e. The van der Waals surface area contributed by atoms with Gasteiger partial charge >= 0.3 is 0 Å². The first kappa shape index (κ1) is 12.1. The lowest BCUT2D eigenvalue weighted by atomic mass is 10.1. The zero-order valence-electron chi connectivity index (χ0n) is 11.0. The number of hydrogen-bond donors (Lipinski definition) is 0. The summed E-state index contributed by atoms with van der Waals surface area (Å²) in [6, 6.07) is 11.8. The highest BCUT2D eigenvalue weighted by Gasteiger charge is 2.08. The molecule has 3 rings (SSSR count). The van der Waals surface area contributed by atoms with Gasteiger partial charge in [0, 0.05) is 18.8 Å². The molecule has 0 saturated heterocycles. The molecule has 0 saturated carbocycles. The number of rotatable bonds is 1. The van der Waals surface area contributed by atoms with E-state index >= 15 is 0 Å². The van der Waals surface area contributed by atoms with E-state index in [1.54, 1.807) is 18.6 Å². The summed E-state index contributed by atoms with van der Waals surface area (Å²) in [6.45, 7) is 0. The Morgan fingerprint density at radius 2 is 1.85 bits per heavy atom. The average Bonchev–Trinajstić information content (AvgIpc) is 2.88. The fraction of sp³-hybridized carbons (Fsp3) is 0.0625. The van der Waals surface area contributed by atoms with Crippen LogP contribution in [0.25, 0.3) is 11.3 Å². The van der Waals surface area contributed by atoms with E-state index in [1.165, 1.54) is 6.33 Å². The Morgan fingerprint density at radius 1 is 1.00 bits per heavy atom. The van der Waals surface area contributed by atoms with Crippen molar-refractivity contribution in [1.29, 1.82) is 0 Å². The van der Waals surface area contributed by atoms with E-state index in [0.717, 1.165) is 17.0 Å². The molecule has 20 heavy (non-hydrogen) atoms. The molecular weight excluding hydrogens is 248 g/mol.